The van der Waals surface area contributed by atoms with Gasteiger partial charge in [-0.05, 0) is 45.9 Å². The molecule has 0 aliphatic carbocycles. The SMILES string of the molecule is CCNC(C)c1nnnn1-c1cc(F)c(Br)cc1F. The summed E-state index contributed by atoms with van der Waals surface area (Å²) in [4.78, 5) is 0. The van der Waals surface area contributed by atoms with Crippen LogP contribution in [0.3, 0.4) is 0 Å². The summed E-state index contributed by atoms with van der Waals surface area (Å²) in [6, 6.07) is 1.93. The van der Waals surface area contributed by atoms with Gasteiger partial charge in [0, 0.05) is 6.07 Å². The Hall–Kier alpha value is -1.41. The Bertz CT molecular complexity index is 586. The van der Waals surface area contributed by atoms with Gasteiger partial charge in [-0.1, -0.05) is 6.92 Å². The molecule has 0 aliphatic rings. The second-order valence-electron chi connectivity index (χ2n) is 3.95. The van der Waals surface area contributed by atoms with Crippen LogP contribution >= 0.6 is 15.9 Å². The molecule has 0 saturated heterocycles. The fourth-order valence-corrected chi connectivity index (χ4v) is 2.02. The van der Waals surface area contributed by atoms with Crippen molar-refractivity contribution < 1.29 is 8.78 Å². The van der Waals surface area contributed by atoms with Crippen molar-refractivity contribution in [2.24, 2.45) is 0 Å². The molecule has 0 spiro atoms. The first kappa shape index (κ1) is 14.0. The molecule has 1 aromatic heterocycles. The summed E-state index contributed by atoms with van der Waals surface area (Å²) in [5.74, 6) is -0.762. The van der Waals surface area contributed by atoms with Crippen LogP contribution in [0.5, 0.6) is 0 Å². The molecule has 0 bridgehead atoms. The van der Waals surface area contributed by atoms with Gasteiger partial charge in [0.15, 0.2) is 5.82 Å². The highest BCUT2D eigenvalue weighted by molar-refractivity contribution is 9.10. The van der Waals surface area contributed by atoms with Crippen LogP contribution in [-0.2, 0) is 0 Å². The van der Waals surface area contributed by atoms with E-state index < -0.39 is 11.6 Å². The largest absolute Gasteiger partial charge is 0.308 e. The zero-order chi connectivity index (χ0) is 14.0. The number of nitrogens with one attached hydrogen (secondary N) is 1. The Kier molecular flexibility index (Phi) is 4.20. The van der Waals surface area contributed by atoms with Crippen LogP contribution in [0.25, 0.3) is 5.69 Å². The van der Waals surface area contributed by atoms with Crippen LogP contribution in [-0.4, -0.2) is 26.8 Å². The van der Waals surface area contributed by atoms with Gasteiger partial charge >= 0.3 is 0 Å². The van der Waals surface area contributed by atoms with Crippen molar-refractivity contribution in [2.75, 3.05) is 6.54 Å². The second-order valence-corrected chi connectivity index (χ2v) is 4.80. The quantitative estimate of drug-likeness (QED) is 0.874. The molecule has 0 radical (unpaired) electrons. The summed E-state index contributed by atoms with van der Waals surface area (Å²) in [7, 11) is 0. The lowest BCUT2D eigenvalue weighted by Gasteiger charge is -2.12. The van der Waals surface area contributed by atoms with Crippen molar-refractivity contribution in [2.45, 2.75) is 19.9 Å². The van der Waals surface area contributed by atoms with Gasteiger partial charge in [0.1, 0.15) is 17.3 Å². The summed E-state index contributed by atoms with van der Waals surface area (Å²) in [6.07, 6.45) is 0. The van der Waals surface area contributed by atoms with E-state index in [-0.39, 0.29) is 16.2 Å². The highest BCUT2D eigenvalue weighted by atomic mass is 79.9. The topological polar surface area (TPSA) is 55.6 Å². The molecule has 19 heavy (non-hydrogen) atoms. The Labute approximate surface area is 117 Å². The van der Waals surface area contributed by atoms with E-state index in [9.17, 15) is 8.78 Å². The third-order valence-corrected chi connectivity index (χ3v) is 3.22. The Morgan fingerprint density at radius 3 is 2.79 bits per heavy atom. The number of rotatable bonds is 4. The first-order valence-electron chi connectivity index (χ1n) is 5.71. The second kappa shape index (κ2) is 5.70. The standard InChI is InChI=1S/C11H12BrF2N5/c1-3-15-6(2)11-16-17-18-19(11)10-5-8(13)7(12)4-9(10)14/h4-6,15H,3H2,1-2H3. The molecule has 0 amide bonds. The smallest absolute Gasteiger partial charge is 0.173 e. The lowest BCUT2D eigenvalue weighted by molar-refractivity contribution is 0.535. The lowest BCUT2D eigenvalue weighted by Crippen LogP contribution is -2.22. The maximum Gasteiger partial charge on any atom is 0.173 e. The molecule has 1 atom stereocenters. The summed E-state index contributed by atoms with van der Waals surface area (Å²) in [6.45, 7) is 4.49. The molecule has 102 valence electrons. The number of hydrogen-bond acceptors (Lipinski definition) is 4. The van der Waals surface area contributed by atoms with Gasteiger partial charge in [0.05, 0.1) is 10.5 Å². The molecular weight excluding hydrogens is 320 g/mol. The Morgan fingerprint density at radius 1 is 1.37 bits per heavy atom. The minimum absolute atomic E-state index is 0.0227. The lowest BCUT2D eigenvalue weighted by atomic mass is 10.2. The highest BCUT2D eigenvalue weighted by Crippen LogP contribution is 2.23. The molecule has 1 aromatic carbocycles. The number of hydrogen-bond donors (Lipinski definition) is 1. The average molecular weight is 332 g/mol. The number of nitrogens with zero attached hydrogens (tertiary/aromatic N) is 4. The Balaban J connectivity index is 2.48. The predicted octanol–water partition coefficient (Wildman–Crippen LogP) is 2.37. The third kappa shape index (κ3) is 2.79. The van der Waals surface area contributed by atoms with Gasteiger partial charge < -0.3 is 5.32 Å². The van der Waals surface area contributed by atoms with Crippen LogP contribution in [0.15, 0.2) is 16.6 Å². The van der Waals surface area contributed by atoms with Crippen LogP contribution in [0.1, 0.15) is 25.7 Å². The molecule has 1 heterocycles. The zero-order valence-electron chi connectivity index (χ0n) is 10.4. The van der Waals surface area contributed by atoms with Crippen molar-refractivity contribution in [3.05, 3.63) is 34.1 Å². The summed E-state index contributed by atoms with van der Waals surface area (Å²) < 4.78 is 28.7. The fourth-order valence-electron chi connectivity index (χ4n) is 1.71. The van der Waals surface area contributed by atoms with Gasteiger partial charge in [-0.2, -0.15) is 4.68 Å². The molecule has 0 fully saturated rings. The summed E-state index contributed by atoms with van der Waals surface area (Å²) in [5, 5.41) is 14.2. The maximum atomic E-state index is 13.9. The first-order valence-corrected chi connectivity index (χ1v) is 6.50. The zero-order valence-corrected chi connectivity index (χ0v) is 11.9. The van der Waals surface area contributed by atoms with Crippen LogP contribution in [0.4, 0.5) is 8.78 Å². The minimum Gasteiger partial charge on any atom is -0.308 e. The fraction of sp³-hybridized carbons (Fsp3) is 0.364. The van der Waals surface area contributed by atoms with Gasteiger partial charge in [-0.15, -0.1) is 5.10 Å². The minimum atomic E-state index is -0.606. The summed E-state index contributed by atoms with van der Waals surface area (Å²) >= 11 is 2.93. The van der Waals surface area contributed by atoms with E-state index in [0.29, 0.717) is 12.4 Å². The molecule has 0 aliphatic heterocycles. The van der Waals surface area contributed by atoms with E-state index >= 15 is 0 Å². The van der Waals surface area contributed by atoms with E-state index in [1.54, 1.807) is 0 Å². The van der Waals surface area contributed by atoms with Gasteiger partial charge in [0.2, 0.25) is 0 Å². The van der Waals surface area contributed by atoms with Gasteiger partial charge in [0.25, 0.3) is 0 Å². The normalized spacial score (nSPS) is 12.7. The van der Waals surface area contributed by atoms with Crippen molar-refractivity contribution in [3.8, 4) is 5.69 Å². The van der Waals surface area contributed by atoms with Crippen LogP contribution < -0.4 is 5.32 Å². The number of benzene rings is 1. The van der Waals surface area contributed by atoms with E-state index in [4.69, 9.17) is 0 Å². The van der Waals surface area contributed by atoms with E-state index in [2.05, 4.69) is 36.8 Å². The molecule has 2 rings (SSSR count). The van der Waals surface area contributed by atoms with Gasteiger partial charge in [-0.25, -0.2) is 8.78 Å². The number of tetrazole rings is 1. The van der Waals surface area contributed by atoms with Gasteiger partial charge in [-0.3, -0.25) is 0 Å². The van der Waals surface area contributed by atoms with E-state index in [0.717, 1.165) is 12.1 Å². The van der Waals surface area contributed by atoms with Crippen LogP contribution in [0, 0.1) is 11.6 Å². The van der Waals surface area contributed by atoms with Crippen LogP contribution in [0.2, 0.25) is 0 Å². The molecular formula is C11H12BrF2N5. The molecule has 1 N–H and O–H groups in total. The molecule has 2 aromatic rings. The highest BCUT2D eigenvalue weighted by Gasteiger charge is 2.18. The van der Waals surface area contributed by atoms with Crippen molar-refractivity contribution in [3.63, 3.8) is 0 Å². The van der Waals surface area contributed by atoms with E-state index in [1.165, 1.54) is 4.68 Å². The van der Waals surface area contributed by atoms with E-state index in [1.807, 2.05) is 13.8 Å². The average Bonchev–Trinajstić information content (AvgIpc) is 2.83. The van der Waals surface area contributed by atoms with Crippen molar-refractivity contribution in [1.29, 1.82) is 0 Å². The monoisotopic (exact) mass is 331 g/mol. The summed E-state index contributed by atoms with van der Waals surface area (Å²) in [5.41, 5.74) is -0.0227. The molecule has 5 nitrogen and oxygen atoms in total. The van der Waals surface area contributed by atoms with Crippen molar-refractivity contribution in [1.82, 2.24) is 25.5 Å². The first-order chi connectivity index (χ1) is 9.04. The van der Waals surface area contributed by atoms with Crippen molar-refractivity contribution >= 4 is 15.9 Å². The maximum absolute atomic E-state index is 13.9. The number of halogens is 3. The molecule has 0 saturated carbocycles. The Morgan fingerprint density at radius 2 is 2.11 bits per heavy atom. The predicted molar refractivity (Wildman–Crippen MR) is 68.9 cm³/mol. The molecule has 8 heteroatoms. The third-order valence-electron chi connectivity index (χ3n) is 2.61. The number of aromatic nitrogens is 4. The molecule has 1 unspecified atom stereocenters.